The number of amides is 1. The van der Waals surface area contributed by atoms with Crippen LogP contribution in [0.1, 0.15) is 15.9 Å². The molecule has 3 aromatic rings. The van der Waals surface area contributed by atoms with Crippen LogP contribution < -0.4 is 14.8 Å². The maximum atomic E-state index is 12.5. The highest BCUT2D eigenvalue weighted by molar-refractivity contribution is 8.00. The van der Waals surface area contributed by atoms with E-state index < -0.39 is 0 Å². The van der Waals surface area contributed by atoms with E-state index in [1.54, 1.807) is 37.1 Å². The van der Waals surface area contributed by atoms with Gasteiger partial charge in [0.2, 0.25) is 5.13 Å². The number of nitrogens with one attached hydrogen (secondary N) is 1. The number of methoxy groups -OCH3 is 2. The summed E-state index contributed by atoms with van der Waals surface area (Å²) in [4.78, 5) is 12.5. The topological polar surface area (TPSA) is 73.3 Å². The molecule has 8 heteroatoms. The minimum atomic E-state index is -0.305. The number of carbonyl (C=O) groups is 1. The molecule has 1 aromatic heterocycles. The highest BCUT2D eigenvalue weighted by Crippen LogP contribution is 2.30. The van der Waals surface area contributed by atoms with Gasteiger partial charge in [0.15, 0.2) is 4.34 Å². The minimum absolute atomic E-state index is 0.305. The molecule has 3 rings (SSSR count). The molecule has 1 N–H and O–H groups in total. The maximum absolute atomic E-state index is 12.5. The quantitative estimate of drug-likeness (QED) is 0.486. The molecule has 0 saturated heterocycles. The number of rotatable bonds is 7. The van der Waals surface area contributed by atoms with Crippen LogP contribution in [0.2, 0.25) is 0 Å². The van der Waals surface area contributed by atoms with E-state index in [0.717, 1.165) is 10.1 Å². The van der Waals surface area contributed by atoms with Gasteiger partial charge in [0.1, 0.15) is 11.5 Å². The fraction of sp³-hybridized carbons (Fsp3) is 0.167. The van der Waals surface area contributed by atoms with Crippen molar-refractivity contribution in [3.8, 4) is 11.5 Å². The Morgan fingerprint density at radius 1 is 1.12 bits per heavy atom. The highest BCUT2D eigenvalue weighted by Gasteiger charge is 2.15. The molecule has 26 heavy (non-hydrogen) atoms. The Morgan fingerprint density at radius 2 is 1.92 bits per heavy atom. The molecule has 0 aliphatic carbocycles. The van der Waals surface area contributed by atoms with E-state index in [-0.39, 0.29) is 5.91 Å². The van der Waals surface area contributed by atoms with Crippen molar-refractivity contribution in [2.75, 3.05) is 19.5 Å². The van der Waals surface area contributed by atoms with Gasteiger partial charge in [0, 0.05) is 11.8 Å². The zero-order chi connectivity index (χ0) is 18.4. The first-order valence-corrected chi connectivity index (χ1v) is 9.53. The molecular formula is C18H17N3O3S2. The molecule has 0 bridgehead atoms. The van der Waals surface area contributed by atoms with E-state index in [9.17, 15) is 4.79 Å². The van der Waals surface area contributed by atoms with Gasteiger partial charge in [0.05, 0.1) is 19.8 Å². The van der Waals surface area contributed by atoms with Crippen molar-refractivity contribution in [1.29, 1.82) is 0 Å². The fourth-order valence-electron chi connectivity index (χ4n) is 2.19. The molecule has 1 heterocycles. The summed E-state index contributed by atoms with van der Waals surface area (Å²) in [5, 5.41) is 11.4. The number of carbonyl (C=O) groups excluding carboxylic acids is 1. The Hall–Kier alpha value is -2.58. The Labute approximate surface area is 159 Å². The van der Waals surface area contributed by atoms with Crippen molar-refractivity contribution in [3.05, 3.63) is 59.7 Å². The lowest BCUT2D eigenvalue weighted by atomic mass is 10.2. The van der Waals surface area contributed by atoms with Gasteiger partial charge in [-0.05, 0) is 17.7 Å². The smallest absolute Gasteiger partial charge is 0.261 e. The van der Waals surface area contributed by atoms with Crippen LogP contribution in [0.15, 0.2) is 52.9 Å². The Bertz CT molecular complexity index is 884. The predicted octanol–water partition coefficient (Wildman–Crippen LogP) is 4.10. The molecule has 1 amide bonds. The monoisotopic (exact) mass is 387 g/mol. The third kappa shape index (κ3) is 4.53. The zero-order valence-corrected chi connectivity index (χ0v) is 15.9. The Morgan fingerprint density at radius 3 is 2.65 bits per heavy atom. The number of aromatic nitrogens is 2. The van der Waals surface area contributed by atoms with Crippen LogP contribution in [0.5, 0.6) is 11.5 Å². The molecule has 134 valence electrons. The Kier molecular flexibility index (Phi) is 6.08. The summed E-state index contributed by atoms with van der Waals surface area (Å²) in [6, 6.07) is 15.1. The van der Waals surface area contributed by atoms with Crippen molar-refractivity contribution in [2.45, 2.75) is 10.1 Å². The van der Waals surface area contributed by atoms with Gasteiger partial charge in [0.25, 0.3) is 5.91 Å². The number of nitrogens with zero attached hydrogens (tertiary/aromatic N) is 2. The average molecular weight is 387 g/mol. The molecule has 0 saturated carbocycles. The van der Waals surface area contributed by atoms with E-state index in [0.29, 0.717) is 22.2 Å². The summed E-state index contributed by atoms with van der Waals surface area (Å²) >= 11 is 2.92. The number of thioether (sulfide) groups is 1. The fourth-order valence-corrected chi connectivity index (χ4v) is 3.89. The zero-order valence-electron chi connectivity index (χ0n) is 14.3. The van der Waals surface area contributed by atoms with E-state index in [1.165, 1.54) is 24.0 Å². The predicted molar refractivity (Wildman–Crippen MR) is 103 cm³/mol. The molecule has 0 aliphatic rings. The summed E-state index contributed by atoms with van der Waals surface area (Å²) in [5.41, 5.74) is 1.61. The third-order valence-corrected chi connectivity index (χ3v) is 5.53. The van der Waals surface area contributed by atoms with E-state index in [4.69, 9.17) is 9.47 Å². The van der Waals surface area contributed by atoms with Gasteiger partial charge >= 0.3 is 0 Å². The van der Waals surface area contributed by atoms with Crippen molar-refractivity contribution in [3.63, 3.8) is 0 Å². The molecule has 6 nitrogen and oxygen atoms in total. The van der Waals surface area contributed by atoms with Gasteiger partial charge in [-0.1, -0.05) is 53.4 Å². The van der Waals surface area contributed by atoms with Crippen molar-refractivity contribution < 1.29 is 14.3 Å². The van der Waals surface area contributed by atoms with E-state index in [1.807, 2.05) is 18.2 Å². The molecule has 0 unspecified atom stereocenters. The van der Waals surface area contributed by atoms with Gasteiger partial charge in [-0.3, -0.25) is 10.1 Å². The van der Waals surface area contributed by atoms with Crippen molar-refractivity contribution in [1.82, 2.24) is 10.2 Å². The summed E-state index contributed by atoms with van der Waals surface area (Å²) in [6.07, 6.45) is 0. The first kappa shape index (κ1) is 18.2. The molecule has 0 aliphatic heterocycles. The molecule has 2 aromatic carbocycles. The van der Waals surface area contributed by atoms with E-state index >= 15 is 0 Å². The molecule has 0 atom stereocenters. The Balaban J connectivity index is 1.64. The lowest BCUT2D eigenvalue weighted by molar-refractivity contribution is 0.102. The summed E-state index contributed by atoms with van der Waals surface area (Å²) < 4.78 is 11.2. The minimum Gasteiger partial charge on any atom is -0.497 e. The van der Waals surface area contributed by atoms with Gasteiger partial charge in [-0.15, -0.1) is 10.2 Å². The van der Waals surface area contributed by atoms with Crippen LogP contribution >= 0.6 is 23.1 Å². The molecular weight excluding hydrogens is 370 g/mol. The average Bonchev–Trinajstić information content (AvgIpc) is 3.13. The third-order valence-electron chi connectivity index (χ3n) is 3.49. The normalized spacial score (nSPS) is 10.4. The largest absolute Gasteiger partial charge is 0.497 e. The molecule has 0 radical (unpaired) electrons. The van der Waals surface area contributed by atoms with Crippen LogP contribution in [-0.2, 0) is 5.75 Å². The van der Waals surface area contributed by atoms with Crippen LogP contribution in [0.4, 0.5) is 5.13 Å². The van der Waals surface area contributed by atoms with Crippen LogP contribution in [-0.4, -0.2) is 30.3 Å². The summed E-state index contributed by atoms with van der Waals surface area (Å²) in [6.45, 7) is 0. The van der Waals surface area contributed by atoms with Crippen molar-refractivity contribution in [2.24, 2.45) is 0 Å². The highest BCUT2D eigenvalue weighted by atomic mass is 32.2. The molecule has 0 spiro atoms. The second-order valence-corrected chi connectivity index (χ2v) is 7.37. The van der Waals surface area contributed by atoms with Gasteiger partial charge in [-0.2, -0.15) is 0 Å². The first-order valence-electron chi connectivity index (χ1n) is 7.73. The number of hydrogen-bond acceptors (Lipinski definition) is 7. The van der Waals surface area contributed by atoms with Crippen LogP contribution in [0.25, 0.3) is 0 Å². The standard InChI is InChI=1S/C18H17N3O3S2/c1-23-13-8-9-14(15(10-13)24-2)16(22)19-17-20-21-18(26-17)25-11-12-6-4-3-5-7-12/h3-10H,11H2,1-2H3,(H,19,20,22). The number of anilines is 1. The summed E-state index contributed by atoms with van der Waals surface area (Å²) in [7, 11) is 3.07. The van der Waals surface area contributed by atoms with E-state index in [2.05, 4.69) is 27.6 Å². The van der Waals surface area contributed by atoms with Crippen molar-refractivity contribution >= 4 is 34.1 Å². The second-order valence-electron chi connectivity index (χ2n) is 5.17. The lowest BCUT2D eigenvalue weighted by Crippen LogP contribution is -2.13. The number of hydrogen-bond donors (Lipinski definition) is 1. The maximum Gasteiger partial charge on any atom is 0.261 e. The van der Waals surface area contributed by atoms with Gasteiger partial charge in [-0.25, -0.2) is 0 Å². The lowest BCUT2D eigenvalue weighted by Gasteiger charge is -2.09. The SMILES string of the molecule is COc1ccc(C(=O)Nc2nnc(SCc3ccccc3)s2)c(OC)c1. The molecule has 0 fully saturated rings. The van der Waals surface area contributed by atoms with Gasteiger partial charge < -0.3 is 9.47 Å². The van der Waals surface area contributed by atoms with Crippen LogP contribution in [0.3, 0.4) is 0 Å². The second kappa shape index (κ2) is 8.68. The number of benzene rings is 2. The number of ether oxygens (including phenoxy) is 2. The van der Waals surface area contributed by atoms with Crippen LogP contribution in [0, 0.1) is 0 Å². The first-order chi connectivity index (χ1) is 12.7. The summed E-state index contributed by atoms with van der Waals surface area (Å²) in [5.74, 6) is 1.55.